The van der Waals surface area contributed by atoms with Crippen LogP contribution in [-0.4, -0.2) is 18.6 Å². The Morgan fingerprint density at radius 2 is 2.13 bits per heavy atom. The van der Waals surface area contributed by atoms with E-state index in [-0.39, 0.29) is 18.4 Å². The highest BCUT2D eigenvalue weighted by Crippen LogP contribution is 2.05. The molecule has 0 spiro atoms. The molecule has 0 aliphatic rings. The summed E-state index contributed by atoms with van der Waals surface area (Å²) in [5.41, 5.74) is 5.62. The van der Waals surface area contributed by atoms with Crippen LogP contribution in [0.4, 0.5) is 0 Å². The van der Waals surface area contributed by atoms with Crippen molar-refractivity contribution in [1.82, 2.24) is 0 Å². The van der Waals surface area contributed by atoms with Gasteiger partial charge in [-0.3, -0.25) is 4.79 Å². The molecule has 0 aromatic rings. The molecule has 0 aromatic heterocycles. The number of ether oxygens (including phenoxy) is 1. The van der Waals surface area contributed by atoms with Gasteiger partial charge < -0.3 is 10.5 Å². The number of rotatable bonds is 8. The van der Waals surface area contributed by atoms with Crippen molar-refractivity contribution in [3.8, 4) is 0 Å². The standard InChI is InChI=1S/C11H21NO2.ClH/c1-3-5-6-7-8-9-10(12)11(13)14-4-2;/h3,10H,1,4-9,12H2,2H3;1H/t10-;/m0./s1. The van der Waals surface area contributed by atoms with Crippen molar-refractivity contribution >= 4 is 18.4 Å². The van der Waals surface area contributed by atoms with Crippen LogP contribution >= 0.6 is 12.4 Å². The van der Waals surface area contributed by atoms with Crippen molar-refractivity contribution in [2.45, 2.75) is 45.1 Å². The van der Waals surface area contributed by atoms with Gasteiger partial charge in [-0.25, -0.2) is 0 Å². The Morgan fingerprint density at radius 3 is 2.67 bits per heavy atom. The summed E-state index contributed by atoms with van der Waals surface area (Å²) < 4.78 is 4.80. The summed E-state index contributed by atoms with van der Waals surface area (Å²) in [5.74, 6) is -0.281. The lowest BCUT2D eigenvalue weighted by molar-refractivity contribution is -0.144. The number of allylic oxidation sites excluding steroid dienone is 1. The molecule has 0 aliphatic heterocycles. The largest absolute Gasteiger partial charge is 0.465 e. The highest BCUT2D eigenvalue weighted by atomic mass is 35.5. The van der Waals surface area contributed by atoms with Gasteiger partial charge in [0.25, 0.3) is 0 Å². The minimum atomic E-state index is -0.446. The second-order valence-corrected chi connectivity index (χ2v) is 3.29. The zero-order valence-electron chi connectivity index (χ0n) is 9.41. The summed E-state index contributed by atoms with van der Waals surface area (Å²) >= 11 is 0. The Kier molecular flexibility index (Phi) is 13.0. The summed E-state index contributed by atoms with van der Waals surface area (Å²) in [6.45, 7) is 5.84. The molecule has 0 amide bonds. The number of hydrogen-bond acceptors (Lipinski definition) is 3. The minimum absolute atomic E-state index is 0. The zero-order valence-corrected chi connectivity index (χ0v) is 10.2. The van der Waals surface area contributed by atoms with Gasteiger partial charge in [0.1, 0.15) is 6.04 Å². The molecule has 0 saturated carbocycles. The van der Waals surface area contributed by atoms with Crippen LogP contribution in [0.25, 0.3) is 0 Å². The lowest BCUT2D eigenvalue weighted by Gasteiger charge is -2.09. The van der Waals surface area contributed by atoms with Gasteiger partial charge >= 0.3 is 5.97 Å². The Hall–Kier alpha value is -0.540. The number of esters is 1. The van der Waals surface area contributed by atoms with Crippen LogP contribution in [0.2, 0.25) is 0 Å². The summed E-state index contributed by atoms with van der Waals surface area (Å²) in [5, 5.41) is 0. The number of halogens is 1. The molecule has 0 bridgehead atoms. The predicted molar refractivity (Wildman–Crippen MR) is 65.1 cm³/mol. The molecular weight excluding hydrogens is 214 g/mol. The van der Waals surface area contributed by atoms with E-state index in [0.717, 1.165) is 32.1 Å². The van der Waals surface area contributed by atoms with Crippen LogP contribution in [0.3, 0.4) is 0 Å². The predicted octanol–water partition coefficient (Wildman–Crippen LogP) is 2.44. The number of carbonyl (C=O) groups excluding carboxylic acids is 1. The van der Waals surface area contributed by atoms with Gasteiger partial charge in [0.2, 0.25) is 0 Å². The van der Waals surface area contributed by atoms with Gasteiger partial charge in [0, 0.05) is 0 Å². The summed E-state index contributed by atoms with van der Waals surface area (Å²) in [4.78, 5) is 11.1. The average molecular weight is 236 g/mol. The van der Waals surface area contributed by atoms with Crippen molar-refractivity contribution in [1.29, 1.82) is 0 Å². The zero-order chi connectivity index (χ0) is 10.8. The van der Waals surface area contributed by atoms with E-state index in [1.54, 1.807) is 6.92 Å². The SMILES string of the molecule is C=CCCCCC[C@H](N)C(=O)OCC.Cl. The highest BCUT2D eigenvalue weighted by Gasteiger charge is 2.12. The van der Waals surface area contributed by atoms with Crippen LogP contribution in [0.1, 0.15) is 39.0 Å². The van der Waals surface area contributed by atoms with Crippen molar-refractivity contribution in [2.75, 3.05) is 6.61 Å². The van der Waals surface area contributed by atoms with Gasteiger partial charge in [-0.2, -0.15) is 0 Å². The molecule has 15 heavy (non-hydrogen) atoms. The summed E-state index contributed by atoms with van der Waals surface area (Å²) in [6, 6.07) is -0.446. The molecule has 0 unspecified atom stereocenters. The third-order valence-corrected chi connectivity index (χ3v) is 2.01. The van der Waals surface area contributed by atoms with Crippen LogP contribution in [-0.2, 0) is 9.53 Å². The van der Waals surface area contributed by atoms with Crippen molar-refractivity contribution in [3.63, 3.8) is 0 Å². The van der Waals surface area contributed by atoms with Crippen LogP contribution < -0.4 is 5.73 Å². The molecule has 90 valence electrons. The fourth-order valence-electron chi connectivity index (χ4n) is 1.20. The molecule has 0 aliphatic carbocycles. The summed E-state index contributed by atoms with van der Waals surface area (Å²) in [7, 11) is 0. The molecule has 0 saturated heterocycles. The van der Waals surface area contributed by atoms with E-state index in [0.29, 0.717) is 6.61 Å². The van der Waals surface area contributed by atoms with Gasteiger partial charge in [-0.05, 0) is 26.2 Å². The first-order chi connectivity index (χ1) is 6.72. The maximum absolute atomic E-state index is 11.1. The Bertz CT molecular complexity index is 174. The lowest BCUT2D eigenvalue weighted by atomic mass is 10.1. The van der Waals surface area contributed by atoms with Crippen LogP contribution in [0.5, 0.6) is 0 Å². The molecule has 3 nitrogen and oxygen atoms in total. The molecule has 0 radical (unpaired) electrons. The quantitative estimate of drug-likeness (QED) is 0.399. The van der Waals surface area contributed by atoms with Crippen LogP contribution in [0.15, 0.2) is 12.7 Å². The van der Waals surface area contributed by atoms with Gasteiger partial charge in [-0.15, -0.1) is 19.0 Å². The second kappa shape index (κ2) is 11.5. The molecule has 0 aromatic carbocycles. The molecule has 1 atom stereocenters. The van der Waals surface area contributed by atoms with E-state index >= 15 is 0 Å². The lowest BCUT2D eigenvalue weighted by Crippen LogP contribution is -2.32. The van der Waals surface area contributed by atoms with Crippen molar-refractivity contribution < 1.29 is 9.53 Å². The maximum atomic E-state index is 11.1. The Balaban J connectivity index is 0. The number of hydrogen-bond donors (Lipinski definition) is 1. The molecule has 0 fully saturated rings. The van der Waals surface area contributed by atoms with E-state index in [2.05, 4.69) is 6.58 Å². The smallest absolute Gasteiger partial charge is 0.322 e. The molecular formula is C11H22ClNO2. The third kappa shape index (κ3) is 9.76. The van der Waals surface area contributed by atoms with E-state index in [4.69, 9.17) is 10.5 Å². The second-order valence-electron chi connectivity index (χ2n) is 3.29. The number of unbranched alkanes of at least 4 members (excludes halogenated alkanes) is 3. The van der Waals surface area contributed by atoms with E-state index < -0.39 is 6.04 Å². The normalized spacial score (nSPS) is 11.3. The first kappa shape index (κ1) is 16.9. The van der Waals surface area contributed by atoms with E-state index in [9.17, 15) is 4.79 Å². The van der Waals surface area contributed by atoms with Crippen LogP contribution in [0, 0.1) is 0 Å². The molecule has 2 N–H and O–H groups in total. The topological polar surface area (TPSA) is 52.3 Å². The maximum Gasteiger partial charge on any atom is 0.322 e. The fourth-order valence-corrected chi connectivity index (χ4v) is 1.20. The summed E-state index contributed by atoms with van der Waals surface area (Å²) in [6.07, 6.45) is 6.86. The van der Waals surface area contributed by atoms with Crippen molar-refractivity contribution in [3.05, 3.63) is 12.7 Å². The highest BCUT2D eigenvalue weighted by molar-refractivity contribution is 5.85. The van der Waals surface area contributed by atoms with Gasteiger partial charge in [-0.1, -0.05) is 18.9 Å². The molecule has 0 rings (SSSR count). The minimum Gasteiger partial charge on any atom is -0.465 e. The number of carbonyl (C=O) groups is 1. The van der Waals surface area contributed by atoms with Crippen molar-refractivity contribution in [2.24, 2.45) is 5.73 Å². The van der Waals surface area contributed by atoms with Gasteiger partial charge in [0.05, 0.1) is 6.61 Å². The third-order valence-electron chi connectivity index (χ3n) is 2.01. The number of nitrogens with two attached hydrogens (primary N) is 1. The molecule has 4 heteroatoms. The first-order valence-corrected chi connectivity index (χ1v) is 5.25. The van der Waals surface area contributed by atoms with Gasteiger partial charge in [0.15, 0.2) is 0 Å². The average Bonchev–Trinajstić information content (AvgIpc) is 2.17. The molecule has 0 heterocycles. The Morgan fingerprint density at radius 1 is 1.47 bits per heavy atom. The monoisotopic (exact) mass is 235 g/mol. The fraction of sp³-hybridized carbons (Fsp3) is 0.727. The first-order valence-electron chi connectivity index (χ1n) is 5.25. The Labute approximate surface area is 98.5 Å². The van der Waals surface area contributed by atoms with E-state index in [1.165, 1.54) is 0 Å². The van der Waals surface area contributed by atoms with E-state index in [1.807, 2.05) is 6.08 Å².